The minimum Gasteiger partial charge on any atom is -0.392 e. The number of aliphatic hydroxyl groups is 1. The highest BCUT2D eigenvalue weighted by molar-refractivity contribution is 6.03. The molecule has 25 heavy (non-hydrogen) atoms. The first kappa shape index (κ1) is 18.0. The van der Waals surface area contributed by atoms with Gasteiger partial charge in [-0.2, -0.15) is 0 Å². The van der Waals surface area contributed by atoms with Gasteiger partial charge in [0.15, 0.2) is 0 Å². The molecule has 1 saturated carbocycles. The van der Waals surface area contributed by atoms with E-state index in [4.69, 9.17) is 0 Å². The number of carbonyl (C=O) groups is 1. The van der Waals surface area contributed by atoms with Crippen LogP contribution in [-0.4, -0.2) is 21.7 Å². The Hall–Kier alpha value is -1.81. The molecule has 1 atom stereocenters. The molecule has 3 rings (SSSR count). The highest BCUT2D eigenvalue weighted by Gasteiger charge is 2.18. The smallest absolute Gasteiger partial charge is 0.224 e. The van der Waals surface area contributed by atoms with Crippen molar-refractivity contribution in [2.75, 3.05) is 5.32 Å². The van der Waals surface area contributed by atoms with Crippen molar-refractivity contribution in [2.45, 2.75) is 71.4 Å². The Kier molecular flexibility index (Phi) is 5.79. The number of fused-ring (bicyclic) bond motifs is 1. The summed E-state index contributed by atoms with van der Waals surface area (Å²) in [7, 11) is 0. The minimum atomic E-state index is -0.425. The number of aromatic nitrogens is 1. The maximum atomic E-state index is 12.6. The maximum Gasteiger partial charge on any atom is 0.224 e. The van der Waals surface area contributed by atoms with Crippen molar-refractivity contribution in [1.29, 1.82) is 0 Å². The topological polar surface area (TPSA) is 54.3 Å². The molecule has 4 nitrogen and oxygen atoms in total. The van der Waals surface area contributed by atoms with E-state index in [0.29, 0.717) is 18.9 Å². The molecule has 0 aliphatic heterocycles. The fourth-order valence-corrected chi connectivity index (χ4v) is 4.09. The first-order chi connectivity index (χ1) is 12.0. The Balaban J connectivity index is 1.79. The molecule has 2 N–H and O–H groups in total. The van der Waals surface area contributed by atoms with Crippen molar-refractivity contribution in [3.63, 3.8) is 0 Å². The molecule has 136 valence electrons. The SMILES string of the molecule is Cc1cccc2c1c(NC(=O)CC1CCCCCC1)cn2CC(C)O. The van der Waals surface area contributed by atoms with Gasteiger partial charge in [0.05, 0.1) is 17.3 Å². The van der Waals surface area contributed by atoms with Gasteiger partial charge in [-0.05, 0) is 44.2 Å². The van der Waals surface area contributed by atoms with E-state index in [9.17, 15) is 9.90 Å². The van der Waals surface area contributed by atoms with Crippen molar-refractivity contribution in [3.05, 3.63) is 30.0 Å². The van der Waals surface area contributed by atoms with Gasteiger partial charge in [0, 0.05) is 24.5 Å². The summed E-state index contributed by atoms with van der Waals surface area (Å²) in [6.07, 6.45) is 9.64. The lowest BCUT2D eigenvalue weighted by Crippen LogP contribution is -2.16. The molecule has 1 fully saturated rings. The van der Waals surface area contributed by atoms with Crippen LogP contribution in [0, 0.1) is 12.8 Å². The Morgan fingerprint density at radius 2 is 2.00 bits per heavy atom. The summed E-state index contributed by atoms with van der Waals surface area (Å²) in [5.74, 6) is 0.640. The second-order valence-electron chi connectivity index (χ2n) is 7.62. The largest absolute Gasteiger partial charge is 0.392 e. The van der Waals surface area contributed by atoms with E-state index in [1.807, 2.05) is 22.9 Å². The molecule has 1 heterocycles. The number of aliphatic hydroxyl groups excluding tert-OH is 1. The Labute approximate surface area is 150 Å². The minimum absolute atomic E-state index is 0.117. The molecule has 1 amide bonds. The van der Waals surface area contributed by atoms with Crippen molar-refractivity contribution >= 4 is 22.5 Å². The van der Waals surface area contributed by atoms with Crippen molar-refractivity contribution in [3.8, 4) is 0 Å². The van der Waals surface area contributed by atoms with E-state index in [1.165, 1.54) is 38.5 Å². The monoisotopic (exact) mass is 342 g/mol. The average molecular weight is 342 g/mol. The molecule has 0 spiro atoms. The number of carbonyl (C=O) groups excluding carboxylic acids is 1. The van der Waals surface area contributed by atoms with Gasteiger partial charge in [0.25, 0.3) is 0 Å². The average Bonchev–Trinajstić information content (AvgIpc) is 2.72. The van der Waals surface area contributed by atoms with Crippen molar-refractivity contribution in [2.24, 2.45) is 5.92 Å². The van der Waals surface area contributed by atoms with E-state index in [-0.39, 0.29) is 5.91 Å². The second kappa shape index (κ2) is 8.05. The van der Waals surface area contributed by atoms with E-state index in [1.54, 1.807) is 6.92 Å². The predicted molar refractivity (Wildman–Crippen MR) is 103 cm³/mol. The molecule has 0 bridgehead atoms. The quantitative estimate of drug-likeness (QED) is 0.778. The van der Waals surface area contributed by atoms with E-state index in [2.05, 4.69) is 18.3 Å². The molecule has 4 heteroatoms. The van der Waals surface area contributed by atoms with Crippen LogP contribution in [0.3, 0.4) is 0 Å². The molecule has 1 aliphatic carbocycles. The molecule has 1 aromatic carbocycles. The summed E-state index contributed by atoms with van der Waals surface area (Å²) < 4.78 is 2.04. The van der Waals surface area contributed by atoms with Crippen LogP contribution in [0.25, 0.3) is 10.9 Å². The molecular formula is C21H30N2O2. The first-order valence-corrected chi connectivity index (χ1v) is 9.61. The van der Waals surface area contributed by atoms with Gasteiger partial charge in [-0.25, -0.2) is 0 Å². The van der Waals surface area contributed by atoms with Crippen molar-refractivity contribution in [1.82, 2.24) is 4.57 Å². The number of nitrogens with zero attached hydrogens (tertiary/aromatic N) is 1. The summed E-state index contributed by atoms with van der Waals surface area (Å²) >= 11 is 0. The van der Waals surface area contributed by atoms with Crippen LogP contribution in [-0.2, 0) is 11.3 Å². The van der Waals surface area contributed by atoms with Gasteiger partial charge in [0.1, 0.15) is 0 Å². The number of rotatable bonds is 5. The van der Waals surface area contributed by atoms with Gasteiger partial charge >= 0.3 is 0 Å². The van der Waals surface area contributed by atoms with Crippen LogP contribution in [0.15, 0.2) is 24.4 Å². The molecule has 1 unspecified atom stereocenters. The van der Waals surface area contributed by atoms with Gasteiger partial charge in [-0.3, -0.25) is 4.79 Å². The van der Waals surface area contributed by atoms with E-state index >= 15 is 0 Å². The number of anilines is 1. The summed E-state index contributed by atoms with van der Waals surface area (Å²) in [6, 6.07) is 6.13. The highest BCUT2D eigenvalue weighted by Crippen LogP contribution is 2.31. The van der Waals surface area contributed by atoms with E-state index < -0.39 is 6.10 Å². The zero-order valence-electron chi connectivity index (χ0n) is 15.4. The van der Waals surface area contributed by atoms with Crippen LogP contribution < -0.4 is 5.32 Å². The number of aryl methyl sites for hydroxylation is 1. The van der Waals surface area contributed by atoms with Crippen LogP contribution in [0.4, 0.5) is 5.69 Å². The molecule has 0 radical (unpaired) electrons. The van der Waals surface area contributed by atoms with Crippen LogP contribution in [0.5, 0.6) is 0 Å². The Morgan fingerprint density at radius 3 is 2.68 bits per heavy atom. The summed E-state index contributed by atoms with van der Waals surface area (Å²) in [5, 5.41) is 14.0. The third-order valence-electron chi connectivity index (χ3n) is 5.30. The maximum absolute atomic E-state index is 12.6. The third-order valence-corrected chi connectivity index (χ3v) is 5.30. The van der Waals surface area contributed by atoms with Gasteiger partial charge < -0.3 is 15.0 Å². The zero-order chi connectivity index (χ0) is 17.8. The number of hydrogen-bond acceptors (Lipinski definition) is 2. The van der Waals surface area contributed by atoms with Crippen molar-refractivity contribution < 1.29 is 9.90 Å². The van der Waals surface area contributed by atoms with Crippen LogP contribution >= 0.6 is 0 Å². The number of nitrogens with one attached hydrogen (secondary N) is 1. The lowest BCUT2D eigenvalue weighted by atomic mass is 9.96. The predicted octanol–water partition coefficient (Wildman–Crippen LogP) is 4.63. The first-order valence-electron chi connectivity index (χ1n) is 9.61. The number of hydrogen-bond donors (Lipinski definition) is 2. The summed E-state index contributed by atoms with van der Waals surface area (Å²) in [4.78, 5) is 12.6. The second-order valence-corrected chi connectivity index (χ2v) is 7.62. The fraction of sp³-hybridized carbons (Fsp3) is 0.571. The number of benzene rings is 1. The molecule has 2 aromatic rings. The lowest BCUT2D eigenvalue weighted by Gasteiger charge is -2.13. The molecule has 1 aliphatic rings. The zero-order valence-corrected chi connectivity index (χ0v) is 15.4. The van der Waals surface area contributed by atoms with Gasteiger partial charge in [-0.15, -0.1) is 0 Å². The number of amides is 1. The summed E-state index contributed by atoms with van der Waals surface area (Å²) in [5.41, 5.74) is 3.07. The van der Waals surface area contributed by atoms with E-state index in [0.717, 1.165) is 22.2 Å². The van der Waals surface area contributed by atoms with Crippen LogP contribution in [0.2, 0.25) is 0 Å². The summed E-state index contributed by atoms with van der Waals surface area (Å²) in [6.45, 7) is 4.38. The third kappa shape index (κ3) is 4.43. The van der Waals surface area contributed by atoms with Crippen LogP contribution in [0.1, 0.15) is 57.4 Å². The standard InChI is InChI=1S/C21H30N2O2/c1-15-8-7-11-19-21(15)18(14-23(19)13-16(2)24)22-20(25)12-17-9-5-3-4-6-10-17/h7-8,11,14,16-17,24H,3-6,9-10,12-13H2,1-2H3,(H,22,25). The Morgan fingerprint density at radius 1 is 1.28 bits per heavy atom. The molecule has 1 aromatic heterocycles. The fourth-order valence-electron chi connectivity index (χ4n) is 4.09. The Bertz CT molecular complexity index is 725. The van der Waals surface area contributed by atoms with Gasteiger partial charge in [-0.1, -0.05) is 37.8 Å². The molecular weight excluding hydrogens is 312 g/mol. The molecule has 0 saturated heterocycles. The normalized spacial score (nSPS) is 17.4. The highest BCUT2D eigenvalue weighted by atomic mass is 16.3. The lowest BCUT2D eigenvalue weighted by molar-refractivity contribution is -0.117. The van der Waals surface area contributed by atoms with Gasteiger partial charge in [0.2, 0.25) is 5.91 Å².